The van der Waals surface area contributed by atoms with Gasteiger partial charge in [0.15, 0.2) is 6.23 Å². The van der Waals surface area contributed by atoms with Gasteiger partial charge in [-0.3, -0.25) is 5.32 Å². The normalized spacial score (nSPS) is 19.0. The van der Waals surface area contributed by atoms with Crippen molar-refractivity contribution in [2.75, 3.05) is 20.3 Å². The molecule has 1 fully saturated rings. The highest BCUT2D eigenvalue weighted by atomic mass is 16.6. The van der Waals surface area contributed by atoms with E-state index in [2.05, 4.69) is 12.2 Å². The number of unbranched alkanes of at least 4 members (excludes halogenated alkanes) is 11. The molecule has 4 aromatic rings. The van der Waals surface area contributed by atoms with E-state index in [4.69, 9.17) is 33.2 Å². The molecular weight excluding hydrogens is 743 g/mol. The summed E-state index contributed by atoms with van der Waals surface area (Å²) in [5.74, 6) is 0.776. The first kappa shape index (κ1) is 45.8. The van der Waals surface area contributed by atoms with Crippen molar-refractivity contribution in [1.29, 1.82) is 0 Å². The summed E-state index contributed by atoms with van der Waals surface area (Å²) in [5.41, 5.74) is 3.98. The topological polar surface area (TPSA) is 93.7 Å². The van der Waals surface area contributed by atoms with Crippen molar-refractivity contribution in [3.8, 4) is 5.75 Å². The standard InChI is InChI=1S/C50H67NO8/c1-3-4-5-6-7-8-9-10-11-12-13-23-34-55-50(52)51-49-48(58-38-42-28-21-16-22-29-42)47(57-37-41-26-19-15-20-27-41)46(56-36-40-24-17-14-18-25-40)45(59-49)39-54-35-43-30-32-44(53-2)33-31-43/h14-22,24-33,45-49H,3-13,23,34-39H2,1-2H3,(H,51,52)/t45-,46-,47+,48-,49-/m1/s1. The average molecular weight is 810 g/mol. The maximum absolute atomic E-state index is 13.5. The van der Waals surface area contributed by atoms with Crippen LogP contribution in [0.2, 0.25) is 0 Å². The number of benzene rings is 4. The molecule has 1 amide bonds. The lowest BCUT2D eigenvalue weighted by Gasteiger charge is -2.46. The van der Waals surface area contributed by atoms with Gasteiger partial charge in [0, 0.05) is 0 Å². The molecule has 0 saturated carbocycles. The van der Waals surface area contributed by atoms with Crippen molar-refractivity contribution >= 4 is 6.09 Å². The zero-order valence-corrected chi connectivity index (χ0v) is 35.4. The van der Waals surface area contributed by atoms with Crippen molar-refractivity contribution in [3.63, 3.8) is 0 Å². The Kier molecular flexibility index (Phi) is 21.4. The van der Waals surface area contributed by atoms with Gasteiger partial charge in [-0.25, -0.2) is 4.79 Å². The number of hydrogen-bond donors (Lipinski definition) is 1. The quantitative estimate of drug-likeness (QED) is 0.0567. The van der Waals surface area contributed by atoms with Crippen LogP contribution in [-0.2, 0) is 54.8 Å². The minimum absolute atomic E-state index is 0.175. The Morgan fingerprint density at radius 2 is 1.00 bits per heavy atom. The van der Waals surface area contributed by atoms with Crippen LogP contribution in [0.5, 0.6) is 5.75 Å². The first-order chi connectivity index (χ1) is 29.1. The average Bonchev–Trinajstić information content (AvgIpc) is 3.27. The number of alkyl carbamates (subject to hydrolysis) is 1. The minimum atomic E-state index is -0.917. The predicted octanol–water partition coefficient (Wildman–Crippen LogP) is 11.1. The van der Waals surface area contributed by atoms with E-state index in [-0.39, 0.29) is 13.2 Å². The second kappa shape index (κ2) is 27.5. The number of rotatable bonds is 28. The molecule has 0 spiro atoms. The molecule has 9 nitrogen and oxygen atoms in total. The van der Waals surface area contributed by atoms with Crippen molar-refractivity contribution in [2.45, 2.75) is 141 Å². The van der Waals surface area contributed by atoms with E-state index in [9.17, 15) is 4.79 Å². The molecule has 1 aliphatic rings. The molecule has 320 valence electrons. The highest BCUT2D eigenvalue weighted by Crippen LogP contribution is 2.30. The highest BCUT2D eigenvalue weighted by molar-refractivity contribution is 5.67. The molecule has 9 heteroatoms. The lowest BCUT2D eigenvalue weighted by Crippen LogP contribution is -2.65. The van der Waals surface area contributed by atoms with Crippen LogP contribution in [-0.4, -0.2) is 57.1 Å². The van der Waals surface area contributed by atoms with E-state index >= 15 is 0 Å². The molecule has 0 aliphatic carbocycles. The summed E-state index contributed by atoms with van der Waals surface area (Å²) in [5, 5.41) is 3.01. The number of amides is 1. The van der Waals surface area contributed by atoms with E-state index in [1.165, 1.54) is 57.8 Å². The maximum atomic E-state index is 13.5. The zero-order chi connectivity index (χ0) is 41.2. The van der Waals surface area contributed by atoms with Crippen LogP contribution in [0.4, 0.5) is 4.79 Å². The second-order valence-corrected chi connectivity index (χ2v) is 15.4. The third-order valence-corrected chi connectivity index (χ3v) is 10.7. The zero-order valence-electron chi connectivity index (χ0n) is 35.4. The number of ether oxygens (including phenoxy) is 7. The number of carbonyl (C=O) groups is 1. The Morgan fingerprint density at radius 1 is 0.542 bits per heavy atom. The summed E-state index contributed by atoms with van der Waals surface area (Å²) in [7, 11) is 1.65. The molecule has 0 radical (unpaired) electrons. The van der Waals surface area contributed by atoms with Crippen LogP contribution in [0.3, 0.4) is 0 Å². The minimum Gasteiger partial charge on any atom is -0.497 e. The number of nitrogens with one attached hydrogen (secondary N) is 1. The smallest absolute Gasteiger partial charge is 0.409 e. The summed E-state index contributed by atoms with van der Waals surface area (Å²) in [6.07, 6.45) is 10.7. The van der Waals surface area contributed by atoms with Gasteiger partial charge in [0.1, 0.15) is 30.2 Å². The van der Waals surface area contributed by atoms with Gasteiger partial charge < -0.3 is 33.2 Å². The van der Waals surface area contributed by atoms with Crippen LogP contribution in [0.25, 0.3) is 0 Å². The molecule has 0 bridgehead atoms. The largest absolute Gasteiger partial charge is 0.497 e. The lowest BCUT2D eigenvalue weighted by atomic mass is 9.97. The van der Waals surface area contributed by atoms with Crippen molar-refractivity contribution < 1.29 is 38.0 Å². The second-order valence-electron chi connectivity index (χ2n) is 15.4. The fraction of sp³-hybridized carbons (Fsp3) is 0.500. The Labute approximate surface area is 353 Å². The van der Waals surface area contributed by atoms with Crippen molar-refractivity contribution in [2.24, 2.45) is 0 Å². The van der Waals surface area contributed by atoms with Gasteiger partial charge in [0.25, 0.3) is 0 Å². The van der Waals surface area contributed by atoms with Crippen LogP contribution in [0.15, 0.2) is 115 Å². The summed E-state index contributed by atoms with van der Waals surface area (Å²) in [6, 6.07) is 37.7. The van der Waals surface area contributed by atoms with E-state index in [1.54, 1.807) is 7.11 Å². The fourth-order valence-electron chi connectivity index (χ4n) is 7.32. The molecule has 1 saturated heterocycles. The van der Waals surface area contributed by atoms with Gasteiger partial charge in [-0.05, 0) is 40.8 Å². The Balaban J connectivity index is 1.27. The summed E-state index contributed by atoms with van der Waals surface area (Å²) in [6.45, 7) is 4.01. The molecule has 5 atom stereocenters. The molecular formula is C50H67NO8. The van der Waals surface area contributed by atoms with E-state index in [1.807, 2.05) is 115 Å². The molecule has 0 aromatic heterocycles. The molecule has 1 heterocycles. The molecule has 5 rings (SSSR count). The highest BCUT2D eigenvalue weighted by Gasteiger charge is 2.49. The Hall–Kier alpha value is -4.25. The molecule has 4 aromatic carbocycles. The predicted molar refractivity (Wildman–Crippen MR) is 232 cm³/mol. The van der Waals surface area contributed by atoms with Crippen LogP contribution >= 0.6 is 0 Å². The number of carbonyl (C=O) groups excluding carboxylic acids is 1. The Morgan fingerprint density at radius 3 is 1.51 bits per heavy atom. The number of methoxy groups -OCH3 is 1. The third-order valence-electron chi connectivity index (χ3n) is 10.7. The number of hydrogen-bond acceptors (Lipinski definition) is 8. The van der Waals surface area contributed by atoms with Gasteiger partial charge in [-0.15, -0.1) is 0 Å². The van der Waals surface area contributed by atoms with Gasteiger partial charge >= 0.3 is 6.09 Å². The summed E-state index contributed by atoms with van der Waals surface area (Å²) >= 11 is 0. The van der Waals surface area contributed by atoms with Crippen LogP contribution < -0.4 is 10.1 Å². The van der Waals surface area contributed by atoms with Gasteiger partial charge in [-0.2, -0.15) is 0 Å². The Bertz CT molecular complexity index is 1660. The van der Waals surface area contributed by atoms with Crippen LogP contribution in [0.1, 0.15) is 106 Å². The third kappa shape index (κ3) is 17.1. The molecule has 1 aliphatic heterocycles. The fourth-order valence-corrected chi connectivity index (χ4v) is 7.32. The first-order valence-electron chi connectivity index (χ1n) is 21.9. The van der Waals surface area contributed by atoms with E-state index in [0.717, 1.165) is 47.3 Å². The van der Waals surface area contributed by atoms with Crippen LogP contribution in [0, 0.1) is 0 Å². The monoisotopic (exact) mass is 809 g/mol. The first-order valence-corrected chi connectivity index (χ1v) is 21.9. The molecule has 0 unspecified atom stereocenters. The summed E-state index contributed by atoms with van der Waals surface area (Å²) in [4.78, 5) is 13.5. The van der Waals surface area contributed by atoms with Crippen molar-refractivity contribution in [3.05, 3.63) is 138 Å². The van der Waals surface area contributed by atoms with E-state index < -0.39 is 36.7 Å². The molecule has 59 heavy (non-hydrogen) atoms. The molecule has 1 N–H and O–H groups in total. The maximum Gasteiger partial charge on any atom is 0.409 e. The van der Waals surface area contributed by atoms with E-state index in [0.29, 0.717) is 26.4 Å². The van der Waals surface area contributed by atoms with Gasteiger partial charge in [0.2, 0.25) is 0 Å². The summed E-state index contributed by atoms with van der Waals surface area (Å²) < 4.78 is 44.3. The van der Waals surface area contributed by atoms with Gasteiger partial charge in [0.05, 0.1) is 46.8 Å². The van der Waals surface area contributed by atoms with Gasteiger partial charge in [-0.1, -0.05) is 181 Å². The lowest BCUT2D eigenvalue weighted by molar-refractivity contribution is -0.276. The van der Waals surface area contributed by atoms with Crippen molar-refractivity contribution in [1.82, 2.24) is 5.32 Å². The SMILES string of the molecule is CCCCCCCCCCCCCCOC(=O)N[C@@H]1O[C@H](COCc2ccc(OC)cc2)[C@@H](OCc2ccccc2)[C@H](OCc2ccccc2)[C@H]1OCc1ccccc1.